The van der Waals surface area contributed by atoms with E-state index in [1.807, 2.05) is 43.3 Å². The number of allylic oxidation sites excluding steroid dienone is 1. The summed E-state index contributed by atoms with van der Waals surface area (Å²) >= 11 is 6.36. The molecule has 1 heterocycles. The van der Waals surface area contributed by atoms with Crippen molar-refractivity contribution in [2.75, 3.05) is 39.1 Å². The molecule has 2 aromatic rings. The number of nitrogens with zero attached hydrogens (tertiary/aromatic N) is 1. The summed E-state index contributed by atoms with van der Waals surface area (Å²) in [5.74, 6) is -0.313. The van der Waals surface area contributed by atoms with Crippen molar-refractivity contribution in [1.29, 1.82) is 0 Å². The number of hydrogen-bond donors (Lipinski definition) is 0. The Kier molecular flexibility index (Phi) is 7.43. The van der Waals surface area contributed by atoms with Gasteiger partial charge in [0.2, 0.25) is 0 Å². The number of carbonyl (C=O) groups is 1. The normalized spacial score (nSPS) is 15.3. The van der Waals surface area contributed by atoms with E-state index in [2.05, 4.69) is 29.2 Å². The van der Waals surface area contributed by atoms with Crippen LogP contribution in [0.1, 0.15) is 6.92 Å². The highest BCUT2D eigenvalue weighted by molar-refractivity contribution is 8.22. The number of ether oxygens (including phenoxy) is 2. The van der Waals surface area contributed by atoms with Gasteiger partial charge in [0.15, 0.2) is 0 Å². The fraction of sp³-hybridized carbons (Fsp3) is 0.318. The van der Waals surface area contributed by atoms with Crippen molar-refractivity contribution < 1.29 is 14.3 Å². The summed E-state index contributed by atoms with van der Waals surface area (Å²) in [6, 6.07) is 18.4. The highest BCUT2D eigenvalue weighted by Gasteiger charge is 2.27. The SMILES string of the molecule is CCOC(=O)C=C(CP(=S)(c1ccccc1)c1ccccc1)N1CCOCC1. The molecule has 0 aliphatic carbocycles. The minimum atomic E-state index is -2.15. The average molecular weight is 415 g/mol. The first-order chi connectivity index (χ1) is 13.6. The standard InChI is InChI=1S/C22H26NO3PS/c1-2-26-22(24)17-19(23-13-15-25-16-14-23)18-27(28,20-9-5-3-6-10-20)21-11-7-4-8-12-21/h3-12,17H,2,13-16,18H2,1H3. The summed E-state index contributed by atoms with van der Waals surface area (Å²) in [4.78, 5) is 14.5. The van der Waals surface area contributed by atoms with E-state index in [1.54, 1.807) is 6.08 Å². The molecule has 0 aromatic heterocycles. The molecule has 0 unspecified atom stereocenters. The molecule has 28 heavy (non-hydrogen) atoms. The van der Waals surface area contributed by atoms with Crippen molar-refractivity contribution in [2.24, 2.45) is 0 Å². The van der Waals surface area contributed by atoms with Gasteiger partial charge in [-0.1, -0.05) is 72.5 Å². The first-order valence-corrected chi connectivity index (χ1v) is 12.5. The van der Waals surface area contributed by atoms with E-state index >= 15 is 0 Å². The lowest BCUT2D eigenvalue weighted by molar-refractivity contribution is -0.137. The number of rotatable bonds is 7. The molecule has 148 valence electrons. The number of carbonyl (C=O) groups excluding carboxylic acids is 1. The van der Waals surface area contributed by atoms with Crippen molar-refractivity contribution in [3.8, 4) is 0 Å². The Morgan fingerprint density at radius 2 is 1.61 bits per heavy atom. The summed E-state index contributed by atoms with van der Waals surface area (Å²) in [5.41, 5.74) is 0.942. The largest absolute Gasteiger partial charge is 0.463 e. The Morgan fingerprint density at radius 3 is 2.11 bits per heavy atom. The molecular weight excluding hydrogens is 389 g/mol. The van der Waals surface area contributed by atoms with Crippen LogP contribution >= 0.6 is 6.04 Å². The van der Waals surface area contributed by atoms with Gasteiger partial charge in [0, 0.05) is 37.1 Å². The van der Waals surface area contributed by atoms with Crippen LogP contribution in [-0.4, -0.2) is 49.9 Å². The topological polar surface area (TPSA) is 38.8 Å². The molecule has 2 aromatic carbocycles. The Morgan fingerprint density at radius 1 is 1.07 bits per heavy atom. The maximum Gasteiger partial charge on any atom is 0.332 e. The van der Waals surface area contributed by atoms with Gasteiger partial charge in [0.25, 0.3) is 0 Å². The molecule has 4 nitrogen and oxygen atoms in total. The molecule has 0 N–H and O–H groups in total. The van der Waals surface area contributed by atoms with Gasteiger partial charge in [-0.05, 0) is 17.5 Å². The maximum atomic E-state index is 12.3. The lowest BCUT2D eigenvalue weighted by Gasteiger charge is -2.34. The third-order valence-corrected chi connectivity index (χ3v) is 9.41. The van der Waals surface area contributed by atoms with Crippen LogP contribution in [0.25, 0.3) is 0 Å². The Bertz CT molecular complexity index is 805. The minimum Gasteiger partial charge on any atom is -0.463 e. The molecule has 0 spiro atoms. The van der Waals surface area contributed by atoms with Gasteiger partial charge < -0.3 is 14.4 Å². The number of morpholine rings is 1. The van der Waals surface area contributed by atoms with E-state index in [4.69, 9.17) is 21.3 Å². The van der Waals surface area contributed by atoms with Crippen LogP contribution in [0.3, 0.4) is 0 Å². The van der Waals surface area contributed by atoms with Gasteiger partial charge in [-0.2, -0.15) is 0 Å². The highest BCUT2D eigenvalue weighted by atomic mass is 32.4. The van der Waals surface area contributed by atoms with Crippen molar-refractivity contribution in [3.63, 3.8) is 0 Å². The van der Waals surface area contributed by atoms with E-state index in [0.717, 1.165) is 29.4 Å². The molecule has 1 fully saturated rings. The smallest absolute Gasteiger partial charge is 0.332 e. The maximum absolute atomic E-state index is 12.3. The molecular formula is C22H26NO3PS. The second kappa shape index (κ2) is 10.0. The van der Waals surface area contributed by atoms with Crippen molar-refractivity contribution in [1.82, 2.24) is 4.90 Å². The van der Waals surface area contributed by atoms with Crippen molar-refractivity contribution in [2.45, 2.75) is 6.92 Å². The van der Waals surface area contributed by atoms with Crippen LogP contribution in [0.5, 0.6) is 0 Å². The molecule has 1 aliphatic heterocycles. The van der Waals surface area contributed by atoms with E-state index in [1.165, 1.54) is 0 Å². The zero-order valence-corrected chi connectivity index (χ0v) is 17.8. The fourth-order valence-corrected chi connectivity index (χ4v) is 7.15. The van der Waals surface area contributed by atoms with Crippen molar-refractivity contribution in [3.05, 3.63) is 72.4 Å². The predicted octanol–water partition coefficient (Wildman–Crippen LogP) is 2.90. The van der Waals surface area contributed by atoms with E-state index in [0.29, 0.717) is 26.0 Å². The average Bonchev–Trinajstić information content (AvgIpc) is 2.75. The van der Waals surface area contributed by atoms with Gasteiger partial charge in [-0.3, -0.25) is 0 Å². The first-order valence-electron chi connectivity index (χ1n) is 9.54. The molecule has 0 radical (unpaired) electrons. The van der Waals surface area contributed by atoms with E-state index in [9.17, 15) is 4.79 Å². The van der Waals surface area contributed by atoms with Crippen LogP contribution in [0, 0.1) is 0 Å². The number of esters is 1. The van der Waals surface area contributed by atoms with E-state index < -0.39 is 6.04 Å². The summed E-state index contributed by atoms with van der Waals surface area (Å²) in [5, 5.41) is 2.30. The van der Waals surface area contributed by atoms with E-state index in [-0.39, 0.29) is 5.97 Å². The Hall–Kier alpha value is -1.94. The lowest BCUT2D eigenvalue weighted by Crippen LogP contribution is -2.38. The van der Waals surface area contributed by atoms with Gasteiger partial charge in [-0.25, -0.2) is 4.79 Å². The second-order valence-electron chi connectivity index (χ2n) is 6.56. The molecule has 6 heteroatoms. The Balaban J connectivity index is 2.02. The molecule has 1 saturated heterocycles. The molecule has 1 aliphatic rings. The van der Waals surface area contributed by atoms with Gasteiger partial charge >= 0.3 is 5.97 Å². The van der Waals surface area contributed by atoms with Crippen LogP contribution in [0.15, 0.2) is 72.4 Å². The highest BCUT2D eigenvalue weighted by Crippen LogP contribution is 2.46. The van der Waals surface area contributed by atoms with Crippen LogP contribution in [0.2, 0.25) is 0 Å². The fourth-order valence-electron chi connectivity index (χ4n) is 3.30. The summed E-state index contributed by atoms with van der Waals surface area (Å²) in [6.45, 7) is 4.99. The Labute approximate surface area is 172 Å². The molecule has 0 bridgehead atoms. The zero-order valence-electron chi connectivity index (χ0n) is 16.1. The third kappa shape index (κ3) is 5.11. The molecule has 0 saturated carbocycles. The quantitative estimate of drug-likeness (QED) is 0.395. The summed E-state index contributed by atoms with van der Waals surface area (Å²) in [7, 11) is 0. The first kappa shape index (κ1) is 20.8. The van der Waals surface area contributed by atoms with Crippen LogP contribution < -0.4 is 10.6 Å². The van der Waals surface area contributed by atoms with Crippen LogP contribution in [0.4, 0.5) is 0 Å². The number of hydrogen-bond acceptors (Lipinski definition) is 5. The lowest BCUT2D eigenvalue weighted by atomic mass is 10.3. The van der Waals surface area contributed by atoms with Gasteiger partial charge in [-0.15, -0.1) is 0 Å². The molecule has 0 atom stereocenters. The minimum absolute atomic E-state index is 0.313. The number of benzene rings is 2. The second-order valence-corrected chi connectivity index (χ2v) is 11.3. The zero-order chi connectivity index (χ0) is 19.8. The molecule has 3 rings (SSSR count). The third-order valence-electron chi connectivity index (χ3n) is 4.72. The molecule has 0 amide bonds. The van der Waals surface area contributed by atoms with Gasteiger partial charge in [0.1, 0.15) is 0 Å². The summed E-state index contributed by atoms with van der Waals surface area (Å²) in [6.07, 6.45) is 2.26. The monoisotopic (exact) mass is 415 g/mol. The van der Waals surface area contributed by atoms with Crippen molar-refractivity contribution >= 4 is 34.4 Å². The van der Waals surface area contributed by atoms with Crippen LogP contribution in [-0.2, 0) is 26.1 Å². The van der Waals surface area contributed by atoms with Gasteiger partial charge in [0.05, 0.1) is 19.8 Å². The predicted molar refractivity (Wildman–Crippen MR) is 118 cm³/mol. The summed E-state index contributed by atoms with van der Waals surface area (Å²) < 4.78 is 10.7.